The summed E-state index contributed by atoms with van der Waals surface area (Å²) in [5, 5.41) is 7.14. The summed E-state index contributed by atoms with van der Waals surface area (Å²) in [5.41, 5.74) is 2.65. The maximum Gasteiger partial charge on any atom is 0.274 e. The molecule has 1 saturated heterocycles. The summed E-state index contributed by atoms with van der Waals surface area (Å²) in [4.78, 5) is 16.9. The van der Waals surface area contributed by atoms with Crippen molar-refractivity contribution in [1.82, 2.24) is 20.0 Å². The van der Waals surface area contributed by atoms with Crippen LogP contribution in [0, 0.1) is 11.7 Å². The van der Waals surface area contributed by atoms with Crippen LogP contribution in [0.25, 0.3) is 0 Å². The number of aromatic nitrogens is 2. The van der Waals surface area contributed by atoms with E-state index in [1.807, 2.05) is 25.2 Å². The first-order chi connectivity index (χ1) is 13.4. The molecule has 1 aromatic carbocycles. The molecule has 5 nitrogen and oxygen atoms in total. The van der Waals surface area contributed by atoms with Gasteiger partial charge in [-0.05, 0) is 61.4 Å². The highest BCUT2D eigenvalue weighted by Crippen LogP contribution is 2.19. The Bertz CT molecular complexity index is 771. The van der Waals surface area contributed by atoms with Crippen LogP contribution in [0.2, 0.25) is 0 Å². The van der Waals surface area contributed by atoms with Crippen molar-refractivity contribution in [3.05, 3.63) is 53.1 Å². The lowest BCUT2D eigenvalue weighted by Gasteiger charge is -2.34. The molecule has 2 aromatic rings. The molecular weight excluding hydrogens is 355 g/mol. The molecule has 152 valence electrons. The van der Waals surface area contributed by atoms with Crippen molar-refractivity contribution < 1.29 is 9.18 Å². The summed E-state index contributed by atoms with van der Waals surface area (Å²) >= 11 is 0. The summed E-state index contributed by atoms with van der Waals surface area (Å²) < 4.78 is 13.0. The van der Waals surface area contributed by atoms with Crippen LogP contribution in [0.15, 0.2) is 30.3 Å². The van der Waals surface area contributed by atoms with Crippen molar-refractivity contribution in [2.75, 3.05) is 33.2 Å². The summed E-state index contributed by atoms with van der Waals surface area (Å²) in [7, 11) is 1.86. The number of hydrogen-bond donors (Lipinski definition) is 1. The molecule has 1 unspecified atom stereocenters. The van der Waals surface area contributed by atoms with Crippen LogP contribution in [0.3, 0.4) is 0 Å². The van der Waals surface area contributed by atoms with E-state index < -0.39 is 0 Å². The third-order valence-electron chi connectivity index (χ3n) is 5.55. The third kappa shape index (κ3) is 5.41. The Labute approximate surface area is 166 Å². The van der Waals surface area contributed by atoms with Crippen molar-refractivity contribution in [1.29, 1.82) is 0 Å². The van der Waals surface area contributed by atoms with E-state index in [1.165, 1.54) is 12.1 Å². The van der Waals surface area contributed by atoms with E-state index in [-0.39, 0.29) is 11.7 Å². The minimum Gasteiger partial charge on any atom is -0.340 e. The summed E-state index contributed by atoms with van der Waals surface area (Å²) in [6.45, 7) is 7.96. The first-order valence-electron chi connectivity index (χ1n) is 10.2. The van der Waals surface area contributed by atoms with Gasteiger partial charge in [0.05, 0.1) is 0 Å². The number of hydrogen-bond acceptors (Lipinski definition) is 3. The van der Waals surface area contributed by atoms with Crippen LogP contribution in [-0.4, -0.2) is 59.1 Å². The number of H-pyrrole nitrogens is 1. The maximum absolute atomic E-state index is 13.0. The zero-order valence-corrected chi connectivity index (χ0v) is 17.1. The highest BCUT2D eigenvalue weighted by molar-refractivity contribution is 5.92. The molecule has 1 aromatic heterocycles. The predicted molar refractivity (Wildman–Crippen MR) is 109 cm³/mol. The fourth-order valence-corrected chi connectivity index (χ4v) is 3.85. The van der Waals surface area contributed by atoms with E-state index in [0.29, 0.717) is 17.5 Å². The van der Waals surface area contributed by atoms with Crippen LogP contribution in [0.4, 0.5) is 4.39 Å². The molecule has 3 rings (SSSR count). The minimum absolute atomic E-state index is 0.0217. The van der Waals surface area contributed by atoms with Gasteiger partial charge in [0.25, 0.3) is 5.91 Å². The van der Waals surface area contributed by atoms with Gasteiger partial charge in [0.1, 0.15) is 11.5 Å². The van der Waals surface area contributed by atoms with Crippen molar-refractivity contribution in [3.8, 4) is 0 Å². The average Bonchev–Trinajstić information content (AvgIpc) is 3.18. The molecule has 0 bridgehead atoms. The van der Waals surface area contributed by atoms with Gasteiger partial charge in [-0.25, -0.2) is 4.39 Å². The second-order valence-electron chi connectivity index (χ2n) is 8.23. The van der Waals surface area contributed by atoms with Gasteiger partial charge < -0.3 is 9.80 Å². The number of aromatic amines is 1. The minimum atomic E-state index is -0.188. The van der Waals surface area contributed by atoms with E-state index in [4.69, 9.17) is 0 Å². The van der Waals surface area contributed by atoms with Gasteiger partial charge in [0.15, 0.2) is 0 Å². The Balaban J connectivity index is 1.49. The number of nitrogens with one attached hydrogen (secondary N) is 1. The number of carbonyl (C=O) groups excluding carboxylic acids is 1. The highest BCUT2D eigenvalue weighted by Gasteiger charge is 2.24. The zero-order valence-electron chi connectivity index (χ0n) is 17.1. The predicted octanol–water partition coefficient (Wildman–Crippen LogP) is 3.70. The SMILES string of the molecule is CC(C)c1cc(C(=O)N(C)CC2CCCN(CCc3ccc(F)cc3)C2)n[nH]1. The zero-order chi connectivity index (χ0) is 20.1. The Kier molecular flexibility index (Phi) is 6.83. The number of amides is 1. The third-order valence-corrected chi connectivity index (χ3v) is 5.55. The molecule has 0 radical (unpaired) electrons. The Morgan fingerprint density at radius 3 is 2.79 bits per heavy atom. The largest absolute Gasteiger partial charge is 0.340 e. The van der Waals surface area contributed by atoms with Crippen molar-refractivity contribution in [2.24, 2.45) is 5.92 Å². The fourth-order valence-electron chi connectivity index (χ4n) is 3.85. The number of benzene rings is 1. The van der Waals surface area contributed by atoms with Crippen molar-refractivity contribution in [2.45, 2.75) is 39.0 Å². The molecule has 1 atom stereocenters. The second-order valence-corrected chi connectivity index (χ2v) is 8.23. The van der Waals surface area contributed by atoms with E-state index in [9.17, 15) is 9.18 Å². The van der Waals surface area contributed by atoms with Crippen LogP contribution in [-0.2, 0) is 6.42 Å². The molecule has 0 saturated carbocycles. The molecule has 28 heavy (non-hydrogen) atoms. The van der Waals surface area contributed by atoms with Gasteiger partial charge >= 0.3 is 0 Å². The fraction of sp³-hybridized carbons (Fsp3) is 0.545. The first kappa shape index (κ1) is 20.5. The van der Waals surface area contributed by atoms with Gasteiger partial charge in [0, 0.05) is 32.4 Å². The number of halogens is 1. The standard InChI is InChI=1S/C22H31FN4O/c1-16(2)20-13-21(25-24-20)22(28)26(3)14-18-5-4-11-27(15-18)12-10-17-6-8-19(23)9-7-17/h6-9,13,16,18H,4-5,10-12,14-15H2,1-3H3,(H,24,25). The molecule has 2 heterocycles. The molecule has 0 spiro atoms. The monoisotopic (exact) mass is 386 g/mol. The van der Waals surface area contributed by atoms with Gasteiger partial charge in [-0.15, -0.1) is 0 Å². The quantitative estimate of drug-likeness (QED) is 0.789. The average molecular weight is 387 g/mol. The molecule has 1 aliphatic heterocycles. The van der Waals surface area contributed by atoms with Crippen molar-refractivity contribution in [3.63, 3.8) is 0 Å². The van der Waals surface area contributed by atoms with Crippen molar-refractivity contribution >= 4 is 5.91 Å². The van der Waals surface area contributed by atoms with Crippen LogP contribution in [0.5, 0.6) is 0 Å². The molecule has 1 N–H and O–H groups in total. The lowest BCUT2D eigenvalue weighted by atomic mass is 9.97. The first-order valence-corrected chi connectivity index (χ1v) is 10.2. The van der Waals surface area contributed by atoms with Gasteiger partial charge in [-0.1, -0.05) is 26.0 Å². The van der Waals surface area contributed by atoms with E-state index in [0.717, 1.165) is 56.7 Å². The molecular formula is C22H31FN4O. The van der Waals surface area contributed by atoms with Gasteiger partial charge in [-0.2, -0.15) is 5.10 Å². The highest BCUT2D eigenvalue weighted by atomic mass is 19.1. The van der Waals surface area contributed by atoms with Gasteiger partial charge in [-0.3, -0.25) is 9.89 Å². The number of piperidine rings is 1. The summed E-state index contributed by atoms with van der Waals surface area (Å²) in [6, 6.07) is 8.62. The second kappa shape index (κ2) is 9.32. The number of nitrogens with zero attached hydrogens (tertiary/aromatic N) is 3. The molecule has 1 aliphatic rings. The number of rotatable bonds is 7. The Morgan fingerprint density at radius 1 is 1.36 bits per heavy atom. The number of carbonyl (C=O) groups is 1. The lowest BCUT2D eigenvalue weighted by molar-refractivity contribution is 0.0724. The smallest absolute Gasteiger partial charge is 0.274 e. The lowest BCUT2D eigenvalue weighted by Crippen LogP contribution is -2.42. The summed E-state index contributed by atoms with van der Waals surface area (Å²) in [5.74, 6) is 0.588. The van der Waals surface area contributed by atoms with Crippen LogP contribution < -0.4 is 0 Å². The molecule has 1 fully saturated rings. The topological polar surface area (TPSA) is 52.2 Å². The normalized spacial score (nSPS) is 17.8. The van der Waals surface area contributed by atoms with Gasteiger partial charge in [0.2, 0.25) is 0 Å². The van der Waals surface area contributed by atoms with E-state index in [1.54, 1.807) is 4.90 Å². The Hall–Kier alpha value is -2.21. The molecule has 0 aliphatic carbocycles. The number of likely N-dealkylation sites (tertiary alicyclic amines) is 1. The molecule has 6 heteroatoms. The van der Waals surface area contributed by atoms with Crippen LogP contribution >= 0.6 is 0 Å². The maximum atomic E-state index is 13.0. The molecule has 1 amide bonds. The van der Waals surface area contributed by atoms with Crippen LogP contribution in [0.1, 0.15) is 54.4 Å². The summed E-state index contributed by atoms with van der Waals surface area (Å²) in [6.07, 6.45) is 3.21. The van der Waals surface area contributed by atoms with E-state index >= 15 is 0 Å². The Morgan fingerprint density at radius 2 is 2.11 bits per heavy atom. The van der Waals surface area contributed by atoms with E-state index in [2.05, 4.69) is 28.9 Å².